The summed E-state index contributed by atoms with van der Waals surface area (Å²) in [6.07, 6.45) is 0. The molecule has 6 heteroatoms. The van der Waals surface area contributed by atoms with Crippen LogP contribution in [0.15, 0.2) is 22.7 Å². The quantitative estimate of drug-likeness (QED) is 0.641. The van der Waals surface area contributed by atoms with E-state index in [1.807, 2.05) is 0 Å². The first-order chi connectivity index (χ1) is 6.59. The summed E-state index contributed by atoms with van der Waals surface area (Å²) in [5.74, 6) is 0.0706. The zero-order valence-corrected chi connectivity index (χ0v) is 9.13. The summed E-state index contributed by atoms with van der Waals surface area (Å²) in [6.45, 7) is 0. The number of nitrogens with zero attached hydrogens (tertiary/aromatic N) is 1. The number of benzene rings is 1. The van der Waals surface area contributed by atoms with E-state index in [9.17, 15) is 15.2 Å². The Morgan fingerprint density at radius 1 is 1.50 bits per heavy atom. The van der Waals surface area contributed by atoms with Crippen molar-refractivity contribution < 1.29 is 10.0 Å². The number of nitro groups is 1. The molecular weight excluding hydrogens is 270 g/mol. The topological polar surface area (TPSA) is 63.4 Å². The van der Waals surface area contributed by atoms with Gasteiger partial charge in [0.1, 0.15) is 5.75 Å². The highest BCUT2D eigenvalue weighted by molar-refractivity contribution is 9.10. The first kappa shape index (κ1) is 9.42. The predicted octanol–water partition coefficient (Wildman–Crippen LogP) is 3.28. The molecule has 1 aromatic carbocycles. The van der Waals surface area contributed by atoms with Crippen LogP contribution in [-0.4, -0.2) is 10.0 Å². The molecule has 14 heavy (non-hydrogen) atoms. The van der Waals surface area contributed by atoms with E-state index in [-0.39, 0.29) is 10.8 Å². The normalized spacial score (nSPS) is 10.6. The van der Waals surface area contributed by atoms with E-state index in [0.717, 1.165) is 15.8 Å². The van der Waals surface area contributed by atoms with Crippen molar-refractivity contribution in [3.05, 3.63) is 32.8 Å². The lowest BCUT2D eigenvalue weighted by Crippen LogP contribution is -1.80. The Balaban J connectivity index is 2.82. The molecule has 0 aliphatic heterocycles. The molecule has 0 fully saturated rings. The van der Waals surface area contributed by atoms with E-state index in [1.54, 1.807) is 6.07 Å². The molecule has 2 aromatic rings. The van der Waals surface area contributed by atoms with Gasteiger partial charge in [-0.15, -0.1) is 0 Å². The Hall–Kier alpha value is -1.14. The maximum Gasteiger partial charge on any atom is 0.325 e. The van der Waals surface area contributed by atoms with Crippen LogP contribution in [0.2, 0.25) is 0 Å². The van der Waals surface area contributed by atoms with Crippen LogP contribution in [0.3, 0.4) is 0 Å². The Labute approximate surface area is 91.1 Å². The molecular formula is C8H4BrNO3S. The summed E-state index contributed by atoms with van der Waals surface area (Å²) in [4.78, 5) is 10.1. The Bertz CT molecular complexity index is 484. The smallest absolute Gasteiger partial charge is 0.325 e. The van der Waals surface area contributed by atoms with Crippen molar-refractivity contribution in [2.24, 2.45) is 0 Å². The molecule has 72 valence electrons. The largest absolute Gasteiger partial charge is 0.506 e. The van der Waals surface area contributed by atoms with Crippen LogP contribution in [0.4, 0.5) is 5.00 Å². The van der Waals surface area contributed by atoms with E-state index in [2.05, 4.69) is 15.9 Å². The summed E-state index contributed by atoms with van der Waals surface area (Å²) in [6, 6.07) is 4.62. The fourth-order valence-electron chi connectivity index (χ4n) is 1.15. The molecule has 1 N–H and O–H groups in total. The van der Waals surface area contributed by atoms with Crippen molar-refractivity contribution in [2.45, 2.75) is 0 Å². The SMILES string of the molecule is O=[N+]([O-])c1cc2c(Br)ccc(O)c2s1. The molecule has 0 atom stereocenters. The van der Waals surface area contributed by atoms with Gasteiger partial charge in [-0.25, -0.2) is 0 Å². The van der Waals surface area contributed by atoms with Gasteiger partial charge < -0.3 is 5.11 Å². The van der Waals surface area contributed by atoms with Gasteiger partial charge in [0.25, 0.3) is 0 Å². The number of halogens is 1. The number of rotatable bonds is 1. The number of phenols is 1. The zero-order chi connectivity index (χ0) is 10.3. The van der Waals surface area contributed by atoms with Gasteiger partial charge in [-0.05, 0) is 12.1 Å². The van der Waals surface area contributed by atoms with Crippen LogP contribution < -0.4 is 0 Å². The van der Waals surface area contributed by atoms with Crippen molar-refractivity contribution in [3.63, 3.8) is 0 Å². The third kappa shape index (κ3) is 1.36. The Morgan fingerprint density at radius 2 is 2.21 bits per heavy atom. The molecule has 0 unspecified atom stereocenters. The minimum absolute atomic E-state index is 0.0298. The Kier molecular flexibility index (Phi) is 2.16. The number of aromatic hydroxyl groups is 1. The molecule has 0 saturated carbocycles. The molecule has 0 saturated heterocycles. The van der Waals surface area contributed by atoms with Gasteiger partial charge in [-0.2, -0.15) is 0 Å². The Morgan fingerprint density at radius 3 is 2.79 bits per heavy atom. The van der Waals surface area contributed by atoms with E-state index < -0.39 is 4.92 Å². The summed E-state index contributed by atoms with van der Waals surface area (Å²) < 4.78 is 1.28. The molecule has 0 aliphatic rings. The average molecular weight is 274 g/mol. The van der Waals surface area contributed by atoms with Gasteiger partial charge in [0, 0.05) is 15.9 Å². The summed E-state index contributed by atoms with van der Waals surface area (Å²) in [7, 11) is 0. The lowest BCUT2D eigenvalue weighted by molar-refractivity contribution is -0.380. The molecule has 4 nitrogen and oxygen atoms in total. The second-order valence-corrected chi connectivity index (χ2v) is 4.54. The van der Waals surface area contributed by atoms with Crippen LogP contribution >= 0.6 is 27.3 Å². The van der Waals surface area contributed by atoms with Crippen molar-refractivity contribution in [1.29, 1.82) is 0 Å². The molecule has 0 spiro atoms. The van der Waals surface area contributed by atoms with E-state index in [4.69, 9.17) is 0 Å². The van der Waals surface area contributed by atoms with Gasteiger partial charge in [-0.1, -0.05) is 27.3 Å². The van der Waals surface area contributed by atoms with Crippen molar-refractivity contribution >= 4 is 42.4 Å². The van der Waals surface area contributed by atoms with Crippen molar-refractivity contribution in [1.82, 2.24) is 0 Å². The van der Waals surface area contributed by atoms with Crippen LogP contribution in [-0.2, 0) is 0 Å². The van der Waals surface area contributed by atoms with Crippen LogP contribution in [0, 0.1) is 10.1 Å². The first-order valence-corrected chi connectivity index (χ1v) is 5.26. The van der Waals surface area contributed by atoms with E-state index >= 15 is 0 Å². The lowest BCUT2D eigenvalue weighted by Gasteiger charge is -1.94. The highest BCUT2D eigenvalue weighted by Gasteiger charge is 2.15. The first-order valence-electron chi connectivity index (χ1n) is 3.65. The number of hydrogen-bond donors (Lipinski definition) is 1. The monoisotopic (exact) mass is 273 g/mol. The number of fused-ring (bicyclic) bond motifs is 1. The standard InChI is InChI=1S/C8H4BrNO3S/c9-5-1-2-6(11)8-4(5)3-7(14-8)10(12)13/h1-3,11H. The van der Waals surface area contributed by atoms with Crippen molar-refractivity contribution in [3.8, 4) is 5.75 Å². The minimum Gasteiger partial charge on any atom is -0.506 e. The van der Waals surface area contributed by atoms with E-state index in [1.165, 1.54) is 12.1 Å². The molecule has 0 bridgehead atoms. The number of hydrogen-bond acceptors (Lipinski definition) is 4. The molecule has 0 radical (unpaired) electrons. The minimum atomic E-state index is -0.462. The molecule has 0 amide bonds. The van der Waals surface area contributed by atoms with Gasteiger partial charge in [-0.3, -0.25) is 10.1 Å². The third-order valence-corrected chi connectivity index (χ3v) is 3.58. The van der Waals surface area contributed by atoms with Crippen LogP contribution in [0.25, 0.3) is 10.1 Å². The molecule has 1 heterocycles. The second-order valence-electron chi connectivity index (χ2n) is 2.65. The highest BCUT2D eigenvalue weighted by atomic mass is 79.9. The third-order valence-electron chi connectivity index (χ3n) is 1.78. The maximum atomic E-state index is 10.5. The highest BCUT2D eigenvalue weighted by Crippen LogP contribution is 2.40. The summed E-state index contributed by atoms with van der Waals surface area (Å²) >= 11 is 4.23. The zero-order valence-electron chi connectivity index (χ0n) is 6.73. The lowest BCUT2D eigenvalue weighted by atomic mass is 10.2. The second kappa shape index (κ2) is 3.21. The predicted molar refractivity (Wildman–Crippen MR) is 57.8 cm³/mol. The fourth-order valence-corrected chi connectivity index (χ4v) is 2.64. The van der Waals surface area contributed by atoms with Crippen molar-refractivity contribution in [2.75, 3.05) is 0 Å². The average Bonchev–Trinajstić information content (AvgIpc) is 2.57. The van der Waals surface area contributed by atoms with Gasteiger partial charge in [0.05, 0.1) is 9.62 Å². The van der Waals surface area contributed by atoms with Gasteiger partial charge >= 0.3 is 5.00 Å². The summed E-state index contributed by atoms with van der Waals surface area (Å²) in [5.41, 5.74) is 0. The number of phenolic OH excluding ortho intramolecular Hbond substituents is 1. The van der Waals surface area contributed by atoms with E-state index in [0.29, 0.717) is 10.1 Å². The van der Waals surface area contributed by atoms with Gasteiger partial charge in [0.2, 0.25) is 0 Å². The number of thiophene rings is 1. The van der Waals surface area contributed by atoms with Gasteiger partial charge in [0.15, 0.2) is 0 Å². The molecule has 0 aliphatic carbocycles. The molecule has 2 rings (SSSR count). The fraction of sp³-hybridized carbons (Fsp3) is 0. The van der Waals surface area contributed by atoms with Crippen LogP contribution in [0.5, 0.6) is 5.75 Å². The maximum absolute atomic E-state index is 10.5. The van der Waals surface area contributed by atoms with Crippen LogP contribution in [0.1, 0.15) is 0 Å². The molecule has 1 aromatic heterocycles. The summed E-state index contributed by atoms with van der Waals surface area (Å²) in [5, 5.41) is 20.7.